The van der Waals surface area contributed by atoms with Gasteiger partial charge in [-0.25, -0.2) is 4.79 Å². The number of aliphatic hydroxyl groups is 1. The summed E-state index contributed by atoms with van der Waals surface area (Å²) in [5.74, 6) is 0. The van der Waals surface area contributed by atoms with Gasteiger partial charge >= 0.3 is 6.03 Å². The third-order valence-electron chi connectivity index (χ3n) is 3.24. The molecule has 0 aliphatic heterocycles. The number of aromatic nitrogens is 1. The zero-order valence-corrected chi connectivity index (χ0v) is 12.1. The third-order valence-corrected chi connectivity index (χ3v) is 3.24. The predicted octanol–water partition coefficient (Wildman–Crippen LogP) is 2.77. The van der Waals surface area contributed by atoms with Crippen molar-refractivity contribution in [2.45, 2.75) is 26.5 Å². The average molecular weight is 285 g/mol. The molecule has 1 heterocycles. The summed E-state index contributed by atoms with van der Waals surface area (Å²) in [6, 6.07) is 8.72. The second-order valence-corrected chi connectivity index (χ2v) is 4.91. The Morgan fingerprint density at radius 2 is 2.00 bits per heavy atom. The van der Waals surface area contributed by atoms with Crippen LogP contribution in [0.5, 0.6) is 0 Å². The van der Waals surface area contributed by atoms with E-state index in [9.17, 15) is 9.90 Å². The lowest BCUT2D eigenvalue weighted by Gasteiger charge is -2.10. The van der Waals surface area contributed by atoms with E-state index in [1.165, 1.54) is 0 Å². The summed E-state index contributed by atoms with van der Waals surface area (Å²) in [5, 5.41) is 15.0. The minimum absolute atomic E-state index is 0.275. The Bertz CT molecular complexity index is 609. The molecule has 21 heavy (non-hydrogen) atoms. The number of amides is 2. The third kappa shape index (κ3) is 4.29. The zero-order chi connectivity index (χ0) is 15.2. The molecule has 1 aromatic carbocycles. The number of hydrogen-bond donors (Lipinski definition) is 3. The van der Waals surface area contributed by atoms with E-state index in [0.717, 1.165) is 16.7 Å². The van der Waals surface area contributed by atoms with E-state index in [1.807, 2.05) is 13.0 Å². The van der Waals surface area contributed by atoms with Gasteiger partial charge in [-0.15, -0.1) is 0 Å². The minimum Gasteiger partial charge on any atom is -0.389 e. The molecule has 5 heteroatoms. The molecule has 0 radical (unpaired) electrons. The van der Waals surface area contributed by atoms with Crippen LogP contribution in [0.3, 0.4) is 0 Å². The smallest absolute Gasteiger partial charge is 0.319 e. The lowest BCUT2D eigenvalue weighted by atomic mass is 10.1. The molecule has 1 unspecified atom stereocenters. The van der Waals surface area contributed by atoms with Crippen LogP contribution in [0.1, 0.15) is 29.7 Å². The Balaban J connectivity index is 1.88. The molecule has 3 N–H and O–H groups in total. The molecule has 0 aliphatic carbocycles. The molecule has 0 aliphatic rings. The number of benzene rings is 1. The molecular formula is C16H19N3O2. The fraction of sp³-hybridized carbons (Fsp3) is 0.250. The van der Waals surface area contributed by atoms with Crippen molar-refractivity contribution >= 4 is 11.7 Å². The minimum atomic E-state index is -0.513. The number of carbonyl (C=O) groups excluding carboxylic acids is 1. The van der Waals surface area contributed by atoms with E-state index < -0.39 is 6.10 Å². The van der Waals surface area contributed by atoms with Gasteiger partial charge in [-0.1, -0.05) is 12.1 Å². The van der Waals surface area contributed by atoms with Crippen molar-refractivity contribution in [3.8, 4) is 0 Å². The molecule has 1 aromatic heterocycles. The molecule has 0 spiro atoms. The molecule has 2 aromatic rings. The maximum absolute atomic E-state index is 11.8. The van der Waals surface area contributed by atoms with Crippen molar-refractivity contribution in [2.24, 2.45) is 0 Å². The number of nitrogens with one attached hydrogen (secondary N) is 2. The average Bonchev–Trinajstić information content (AvgIpc) is 2.47. The van der Waals surface area contributed by atoms with Gasteiger partial charge in [-0.3, -0.25) is 4.98 Å². The standard InChI is InChI=1S/C16H19N3O2/c1-11-7-8-17-9-14(11)10-18-16(21)19-15-5-3-13(4-6-15)12(2)20/h3-9,12,20H,10H2,1-2H3,(H2,18,19,21). The molecule has 110 valence electrons. The molecule has 1 atom stereocenters. The van der Waals surface area contributed by atoms with Gasteiger partial charge in [0, 0.05) is 24.6 Å². The number of carbonyl (C=O) groups is 1. The lowest BCUT2D eigenvalue weighted by Crippen LogP contribution is -2.28. The molecule has 5 nitrogen and oxygen atoms in total. The first kappa shape index (κ1) is 15.0. The first-order chi connectivity index (χ1) is 10.1. The molecule has 2 rings (SSSR count). The van der Waals surface area contributed by atoms with Gasteiger partial charge in [0.25, 0.3) is 0 Å². The maximum Gasteiger partial charge on any atom is 0.319 e. The van der Waals surface area contributed by atoms with Gasteiger partial charge in [0.15, 0.2) is 0 Å². The molecule has 2 amide bonds. The monoisotopic (exact) mass is 285 g/mol. The zero-order valence-electron chi connectivity index (χ0n) is 12.1. The summed E-state index contributed by atoms with van der Waals surface area (Å²) in [6.07, 6.45) is 2.96. The summed E-state index contributed by atoms with van der Waals surface area (Å²) in [4.78, 5) is 15.9. The highest BCUT2D eigenvalue weighted by atomic mass is 16.3. The second-order valence-electron chi connectivity index (χ2n) is 4.91. The fourth-order valence-corrected chi connectivity index (χ4v) is 1.88. The Kier molecular flexibility index (Phi) is 4.90. The summed E-state index contributed by atoms with van der Waals surface area (Å²) in [6.45, 7) is 4.11. The van der Waals surface area contributed by atoms with Crippen LogP contribution in [0.4, 0.5) is 10.5 Å². The lowest BCUT2D eigenvalue weighted by molar-refractivity contribution is 0.199. The Labute approximate surface area is 124 Å². The van der Waals surface area contributed by atoms with Crippen molar-refractivity contribution in [3.63, 3.8) is 0 Å². The van der Waals surface area contributed by atoms with E-state index in [-0.39, 0.29) is 6.03 Å². The normalized spacial score (nSPS) is 11.8. The van der Waals surface area contributed by atoms with Gasteiger partial charge in [0.2, 0.25) is 0 Å². The molecule has 0 fully saturated rings. The Morgan fingerprint density at radius 3 is 2.62 bits per heavy atom. The number of aliphatic hydroxyl groups excluding tert-OH is 1. The maximum atomic E-state index is 11.8. The van der Waals surface area contributed by atoms with Gasteiger partial charge < -0.3 is 15.7 Å². The molecular weight excluding hydrogens is 266 g/mol. The summed E-state index contributed by atoms with van der Waals surface area (Å²) in [7, 11) is 0. The van der Waals surface area contributed by atoms with Crippen LogP contribution in [0.25, 0.3) is 0 Å². The van der Waals surface area contributed by atoms with Crippen molar-refractivity contribution in [1.82, 2.24) is 10.3 Å². The number of rotatable bonds is 4. The van der Waals surface area contributed by atoms with Gasteiger partial charge in [0.1, 0.15) is 0 Å². The summed E-state index contributed by atoms with van der Waals surface area (Å²) >= 11 is 0. The first-order valence-corrected chi connectivity index (χ1v) is 6.78. The topological polar surface area (TPSA) is 74.2 Å². The van der Waals surface area contributed by atoms with Crippen LogP contribution in [-0.4, -0.2) is 16.1 Å². The number of nitrogens with zero attached hydrogens (tertiary/aromatic N) is 1. The van der Waals surface area contributed by atoms with Crippen LogP contribution < -0.4 is 10.6 Å². The molecule has 0 saturated heterocycles. The van der Waals surface area contributed by atoms with Crippen LogP contribution in [0.15, 0.2) is 42.7 Å². The van der Waals surface area contributed by atoms with Gasteiger partial charge in [-0.2, -0.15) is 0 Å². The van der Waals surface area contributed by atoms with Gasteiger partial charge in [-0.05, 0) is 48.7 Å². The number of aryl methyl sites for hydroxylation is 1. The highest BCUT2D eigenvalue weighted by Gasteiger charge is 2.05. The molecule has 0 saturated carbocycles. The van der Waals surface area contributed by atoms with Crippen LogP contribution in [0, 0.1) is 6.92 Å². The highest BCUT2D eigenvalue weighted by Crippen LogP contribution is 2.15. The van der Waals surface area contributed by atoms with Crippen LogP contribution in [-0.2, 0) is 6.54 Å². The van der Waals surface area contributed by atoms with Crippen molar-refractivity contribution < 1.29 is 9.90 Å². The largest absolute Gasteiger partial charge is 0.389 e. The van der Waals surface area contributed by atoms with Gasteiger partial charge in [0.05, 0.1) is 6.10 Å². The summed E-state index contributed by atoms with van der Waals surface area (Å²) in [5.41, 5.74) is 3.57. The number of hydrogen-bond acceptors (Lipinski definition) is 3. The molecule has 0 bridgehead atoms. The first-order valence-electron chi connectivity index (χ1n) is 6.78. The number of anilines is 1. The van der Waals surface area contributed by atoms with Crippen LogP contribution in [0.2, 0.25) is 0 Å². The van der Waals surface area contributed by atoms with E-state index in [2.05, 4.69) is 15.6 Å². The quantitative estimate of drug-likeness (QED) is 0.808. The van der Waals surface area contributed by atoms with E-state index in [4.69, 9.17) is 0 Å². The van der Waals surface area contributed by atoms with E-state index in [1.54, 1.807) is 43.6 Å². The van der Waals surface area contributed by atoms with Crippen molar-refractivity contribution in [2.75, 3.05) is 5.32 Å². The predicted molar refractivity (Wildman–Crippen MR) is 81.9 cm³/mol. The van der Waals surface area contributed by atoms with Crippen LogP contribution >= 0.6 is 0 Å². The Morgan fingerprint density at radius 1 is 1.29 bits per heavy atom. The highest BCUT2D eigenvalue weighted by molar-refractivity contribution is 5.89. The van der Waals surface area contributed by atoms with E-state index >= 15 is 0 Å². The number of urea groups is 1. The Hall–Kier alpha value is -2.40. The van der Waals surface area contributed by atoms with E-state index in [0.29, 0.717) is 12.2 Å². The number of pyridine rings is 1. The SMILES string of the molecule is Cc1ccncc1CNC(=O)Nc1ccc(C(C)O)cc1. The second kappa shape index (κ2) is 6.85. The van der Waals surface area contributed by atoms with Crippen molar-refractivity contribution in [3.05, 3.63) is 59.4 Å². The fourth-order valence-electron chi connectivity index (χ4n) is 1.88. The summed E-state index contributed by atoms with van der Waals surface area (Å²) < 4.78 is 0. The van der Waals surface area contributed by atoms with Crippen molar-refractivity contribution in [1.29, 1.82) is 0 Å².